The van der Waals surface area contributed by atoms with Gasteiger partial charge in [-0.3, -0.25) is 0 Å². The zero-order chi connectivity index (χ0) is 7.57. The summed E-state index contributed by atoms with van der Waals surface area (Å²) in [5, 5.41) is 3.08. The van der Waals surface area contributed by atoms with Crippen LogP contribution in [0.3, 0.4) is 0 Å². The molecule has 0 atom stereocenters. The van der Waals surface area contributed by atoms with Gasteiger partial charge in [0.25, 0.3) is 0 Å². The molecule has 0 nitrogen and oxygen atoms in total. The topological polar surface area (TPSA) is 0 Å². The fraction of sp³-hybridized carbons (Fsp3) is 1.00. The first-order valence-corrected chi connectivity index (χ1v) is 8.93. The Morgan fingerprint density at radius 1 is 0.818 bits per heavy atom. The van der Waals surface area contributed by atoms with E-state index in [1.807, 2.05) is 0 Å². The number of hydrogen-bond acceptors (Lipinski definition) is 2. The molecule has 2 fully saturated rings. The van der Waals surface area contributed by atoms with E-state index in [2.05, 4.69) is 23.5 Å². The second-order valence-electron chi connectivity index (χ2n) is 3.39. The second-order valence-corrected chi connectivity index (χ2v) is 10.2. The third-order valence-corrected chi connectivity index (χ3v) is 11.2. The molecule has 0 aliphatic carbocycles. The maximum Gasteiger partial charge on any atom is 0.0242 e. The molecule has 0 bridgehead atoms. The lowest BCUT2D eigenvalue weighted by Gasteiger charge is -2.45. The van der Waals surface area contributed by atoms with Crippen LogP contribution in [0.2, 0.25) is 0 Å². The van der Waals surface area contributed by atoms with E-state index in [4.69, 9.17) is 0 Å². The highest BCUT2D eigenvalue weighted by atomic mass is 32.3. The molecule has 0 saturated carbocycles. The molecule has 0 amide bonds. The van der Waals surface area contributed by atoms with Crippen molar-refractivity contribution in [2.45, 2.75) is 12.8 Å². The smallest absolute Gasteiger partial charge is 0.0242 e. The summed E-state index contributed by atoms with van der Waals surface area (Å²) in [6.45, 7) is 0. The van der Waals surface area contributed by atoms with Crippen LogP contribution in [-0.4, -0.2) is 33.2 Å². The van der Waals surface area contributed by atoms with Crippen molar-refractivity contribution in [3.8, 4) is 0 Å². The lowest BCUT2D eigenvalue weighted by atomic mass is 10.6. The van der Waals surface area contributed by atoms with E-state index in [1.54, 1.807) is 21.7 Å². The lowest BCUT2D eigenvalue weighted by molar-refractivity contribution is 1.05. The highest BCUT2D eigenvalue weighted by Gasteiger charge is 2.28. The van der Waals surface area contributed by atoms with Gasteiger partial charge in [0.1, 0.15) is 0 Å². The summed E-state index contributed by atoms with van der Waals surface area (Å²) in [6.07, 6.45) is 3.03. The van der Waals surface area contributed by atoms with Crippen molar-refractivity contribution in [1.82, 2.24) is 0 Å². The summed E-state index contributed by atoms with van der Waals surface area (Å²) in [7, 11) is -0.0729. The summed E-state index contributed by atoms with van der Waals surface area (Å²) in [6, 6.07) is 0. The first kappa shape index (κ1) is 8.64. The van der Waals surface area contributed by atoms with Crippen LogP contribution in [0.5, 0.6) is 0 Å². The van der Waals surface area contributed by atoms with Gasteiger partial charge in [0.15, 0.2) is 0 Å². The van der Waals surface area contributed by atoms with Crippen LogP contribution in [0, 0.1) is 0 Å². The first-order valence-electron chi connectivity index (χ1n) is 4.31. The summed E-state index contributed by atoms with van der Waals surface area (Å²) in [4.78, 5) is 0. The third-order valence-electron chi connectivity index (χ3n) is 2.40. The normalized spacial score (nSPS) is 33.5. The minimum Gasteiger partial charge on any atom is -0.223 e. The minimum absolute atomic E-state index is 0.0729. The zero-order valence-electron chi connectivity index (χ0n) is 6.88. The van der Waals surface area contributed by atoms with E-state index < -0.39 is 0 Å². The quantitative estimate of drug-likeness (QED) is 0.600. The molecule has 0 aromatic carbocycles. The van der Waals surface area contributed by atoms with Crippen LogP contribution in [0.15, 0.2) is 0 Å². The third kappa shape index (κ3) is 2.04. The molecular formula is C8H16S3. The molecule has 2 saturated heterocycles. The average molecular weight is 208 g/mol. The Hall–Kier alpha value is 1.05. The van der Waals surface area contributed by atoms with E-state index in [0.717, 1.165) is 0 Å². The van der Waals surface area contributed by atoms with Crippen LogP contribution >= 0.6 is 33.6 Å². The highest BCUT2D eigenvalue weighted by molar-refractivity contribution is 8.44. The van der Waals surface area contributed by atoms with E-state index in [0.29, 0.717) is 0 Å². The number of rotatable bonds is 0. The Labute approximate surface area is 79.6 Å². The van der Waals surface area contributed by atoms with Gasteiger partial charge in [-0.2, -0.15) is 23.5 Å². The summed E-state index contributed by atoms with van der Waals surface area (Å²) in [5.41, 5.74) is 0. The standard InChI is InChI=1S/C8H16S3/c1-3-9-7-11(5-1)6-2-4-10-8-11/h1-8H2. The predicted octanol–water partition coefficient (Wildman–Crippen LogP) is 2.98. The van der Waals surface area contributed by atoms with Crippen molar-refractivity contribution in [3.63, 3.8) is 0 Å². The summed E-state index contributed by atoms with van der Waals surface area (Å²) in [5.74, 6) is 6.10. The van der Waals surface area contributed by atoms with Gasteiger partial charge < -0.3 is 0 Å². The van der Waals surface area contributed by atoms with Crippen LogP contribution in [0.25, 0.3) is 0 Å². The van der Waals surface area contributed by atoms with E-state index in [-0.39, 0.29) is 10.0 Å². The van der Waals surface area contributed by atoms with Crippen molar-refractivity contribution in [2.75, 3.05) is 33.2 Å². The predicted molar refractivity (Wildman–Crippen MR) is 61.2 cm³/mol. The van der Waals surface area contributed by atoms with Gasteiger partial charge in [-0.15, -0.1) is 0 Å². The molecule has 0 aromatic rings. The van der Waals surface area contributed by atoms with Gasteiger partial charge >= 0.3 is 0 Å². The van der Waals surface area contributed by atoms with Gasteiger partial charge in [-0.25, -0.2) is 10.0 Å². The van der Waals surface area contributed by atoms with Crippen LogP contribution < -0.4 is 0 Å². The first-order chi connectivity index (χ1) is 5.41. The molecule has 0 aromatic heterocycles. The summed E-state index contributed by atoms with van der Waals surface area (Å²) >= 11 is 4.45. The van der Waals surface area contributed by atoms with Crippen molar-refractivity contribution >= 4 is 33.6 Å². The monoisotopic (exact) mass is 208 g/mol. The molecule has 0 unspecified atom stereocenters. The molecule has 0 radical (unpaired) electrons. The molecule has 2 aliphatic rings. The van der Waals surface area contributed by atoms with Crippen LogP contribution in [-0.2, 0) is 0 Å². The molecule has 1 spiro atoms. The Bertz CT molecular complexity index is 104. The Morgan fingerprint density at radius 3 is 1.73 bits per heavy atom. The Kier molecular flexibility index (Phi) is 3.02. The largest absolute Gasteiger partial charge is 0.223 e. The molecular weight excluding hydrogens is 192 g/mol. The molecule has 2 rings (SSSR count). The maximum absolute atomic E-state index is 2.22. The van der Waals surface area contributed by atoms with Gasteiger partial charge in [0.05, 0.1) is 0 Å². The molecule has 2 aliphatic heterocycles. The molecule has 2 heterocycles. The van der Waals surface area contributed by atoms with Gasteiger partial charge in [0.2, 0.25) is 0 Å². The van der Waals surface area contributed by atoms with E-state index in [9.17, 15) is 0 Å². The average Bonchev–Trinajstić information content (AvgIpc) is 2.07. The molecule has 11 heavy (non-hydrogen) atoms. The lowest BCUT2D eigenvalue weighted by Crippen LogP contribution is -2.22. The van der Waals surface area contributed by atoms with Crippen molar-refractivity contribution in [2.24, 2.45) is 0 Å². The molecule has 0 N–H and O–H groups in total. The van der Waals surface area contributed by atoms with Crippen molar-refractivity contribution in [1.29, 1.82) is 0 Å². The zero-order valence-corrected chi connectivity index (χ0v) is 9.33. The SMILES string of the molecule is C1CSCS2(C1)CCCSC2. The van der Waals surface area contributed by atoms with Crippen molar-refractivity contribution in [3.05, 3.63) is 0 Å². The number of hydrogen-bond donors (Lipinski definition) is 0. The molecule has 66 valence electrons. The maximum atomic E-state index is 2.22. The van der Waals surface area contributed by atoms with E-state index in [1.165, 1.54) is 24.3 Å². The van der Waals surface area contributed by atoms with Crippen LogP contribution in [0.4, 0.5) is 0 Å². The highest BCUT2D eigenvalue weighted by Crippen LogP contribution is 2.58. The minimum atomic E-state index is -0.0729. The van der Waals surface area contributed by atoms with Gasteiger partial charge in [-0.05, 0) is 35.9 Å². The Morgan fingerprint density at radius 2 is 1.36 bits per heavy atom. The Balaban J connectivity index is 1.94. The van der Waals surface area contributed by atoms with Gasteiger partial charge in [0, 0.05) is 10.2 Å². The number of thioether (sulfide) groups is 2. The second kappa shape index (κ2) is 3.84. The van der Waals surface area contributed by atoms with Crippen LogP contribution in [0.1, 0.15) is 12.8 Å². The van der Waals surface area contributed by atoms with Crippen molar-refractivity contribution < 1.29 is 0 Å². The van der Waals surface area contributed by atoms with Gasteiger partial charge in [-0.1, -0.05) is 0 Å². The molecule has 3 heteroatoms. The fourth-order valence-corrected chi connectivity index (χ4v) is 11.1. The summed E-state index contributed by atoms with van der Waals surface area (Å²) < 4.78 is 0. The van der Waals surface area contributed by atoms with E-state index >= 15 is 0 Å². The fourth-order valence-electron chi connectivity index (χ4n) is 1.78.